The van der Waals surface area contributed by atoms with E-state index < -0.39 is 21.7 Å². The molecule has 0 aliphatic heterocycles. The highest BCUT2D eigenvalue weighted by Crippen LogP contribution is 2.22. The van der Waals surface area contributed by atoms with Gasteiger partial charge in [-0.05, 0) is 60.7 Å². The van der Waals surface area contributed by atoms with Crippen molar-refractivity contribution < 1.29 is 17.6 Å². The highest BCUT2D eigenvalue weighted by Gasteiger charge is 2.15. The molecule has 10 heteroatoms. The van der Waals surface area contributed by atoms with Gasteiger partial charge in [-0.2, -0.15) is 4.99 Å². The van der Waals surface area contributed by atoms with Gasteiger partial charge in [-0.1, -0.05) is 33.3 Å². The molecule has 4 rings (SSSR count). The van der Waals surface area contributed by atoms with Gasteiger partial charge in [0.15, 0.2) is 4.80 Å². The Bertz CT molecular complexity index is 1480. The first kappa shape index (κ1) is 21.4. The summed E-state index contributed by atoms with van der Waals surface area (Å²) in [7, 11) is -2.10. The first-order valence-corrected chi connectivity index (χ1v) is 12.0. The van der Waals surface area contributed by atoms with Crippen LogP contribution < -0.4 is 9.52 Å². The van der Waals surface area contributed by atoms with Crippen LogP contribution in [0.2, 0.25) is 0 Å². The molecule has 0 fully saturated rings. The Morgan fingerprint density at radius 1 is 1.10 bits per heavy atom. The molecule has 0 saturated heterocycles. The fourth-order valence-corrected chi connectivity index (χ4v) is 5.53. The second kappa shape index (κ2) is 8.37. The summed E-state index contributed by atoms with van der Waals surface area (Å²) >= 11 is 4.81. The Morgan fingerprint density at radius 3 is 2.58 bits per heavy atom. The summed E-state index contributed by atoms with van der Waals surface area (Å²) in [6, 6.07) is 16.3. The van der Waals surface area contributed by atoms with E-state index in [4.69, 9.17) is 0 Å². The Labute approximate surface area is 189 Å². The lowest BCUT2D eigenvalue weighted by Gasteiger charge is -2.08. The maximum absolute atomic E-state index is 13.1. The van der Waals surface area contributed by atoms with Gasteiger partial charge in [0, 0.05) is 22.8 Å². The predicted molar refractivity (Wildman–Crippen MR) is 122 cm³/mol. The van der Waals surface area contributed by atoms with Crippen molar-refractivity contribution in [2.24, 2.45) is 12.0 Å². The van der Waals surface area contributed by atoms with Crippen molar-refractivity contribution >= 4 is 59.1 Å². The number of halogens is 2. The van der Waals surface area contributed by atoms with Gasteiger partial charge in [0.05, 0.1) is 15.1 Å². The molecule has 1 N–H and O–H groups in total. The third kappa shape index (κ3) is 4.60. The molecule has 158 valence electrons. The summed E-state index contributed by atoms with van der Waals surface area (Å²) in [4.78, 5) is 17.4. The molecule has 0 unspecified atom stereocenters. The van der Waals surface area contributed by atoms with Crippen LogP contribution >= 0.6 is 27.3 Å². The predicted octanol–water partition coefficient (Wildman–Crippen LogP) is 4.68. The molecule has 1 heterocycles. The summed E-state index contributed by atoms with van der Waals surface area (Å²) in [5.74, 6) is -1.03. The number of fused-ring (bicyclic) bond motifs is 1. The number of aromatic nitrogens is 1. The number of nitrogens with zero attached hydrogens (tertiary/aromatic N) is 2. The molecule has 1 amide bonds. The molecule has 4 aromatic rings. The van der Waals surface area contributed by atoms with E-state index in [1.165, 1.54) is 35.6 Å². The lowest BCUT2D eigenvalue weighted by molar-refractivity contribution is 0.0998. The maximum Gasteiger partial charge on any atom is 0.279 e. The molecule has 31 heavy (non-hydrogen) atoms. The lowest BCUT2D eigenvalue weighted by atomic mass is 10.2. The molecule has 0 aliphatic rings. The maximum atomic E-state index is 13.1. The monoisotopic (exact) mass is 519 g/mol. The van der Waals surface area contributed by atoms with Gasteiger partial charge < -0.3 is 4.57 Å². The van der Waals surface area contributed by atoms with Gasteiger partial charge in [0.25, 0.3) is 15.9 Å². The Morgan fingerprint density at radius 2 is 1.84 bits per heavy atom. The summed E-state index contributed by atoms with van der Waals surface area (Å²) < 4.78 is 44.2. The van der Waals surface area contributed by atoms with Crippen LogP contribution in [0.15, 0.2) is 81.1 Å². The third-order valence-corrected chi connectivity index (χ3v) is 7.44. The third-order valence-electron chi connectivity index (χ3n) is 4.45. The molecule has 0 saturated carbocycles. The van der Waals surface area contributed by atoms with Gasteiger partial charge in [-0.25, -0.2) is 12.8 Å². The summed E-state index contributed by atoms with van der Waals surface area (Å²) in [5.41, 5.74) is 1.38. The van der Waals surface area contributed by atoms with Crippen molar-refractivity contribution in [3.05, 3.63) is 87.4 Å². The van der Waals surface area contributed by atoms with Crippen LogP contribution in [0.5, 0.6) is 0 Å². The number of thiazole rings is 1. The fourth-order valence-electron chi connectivity index (χ4n) is 2.91. The number of amides is 1. The van der Waals surface area contributed by atoms with Crippen LogP contribution in [0.25, 0.3) is 10.2 Å². The Kier molecular flexibility index (Phi) is 5.78. The zero-order valence-corrected chi connectivity index (χ0v) is 19.3. The molecule has 1 aromatic heterocycles. The zero-order chi connectivity index (χ0) is 22.2. The number of hydrogen-bond donors (Lipinski definition) is 1. The van der Waals surface area contributed by atoms with Gasteiger partial charge in [-0.15, -0.1) is 0 Å². The molecule has 0 atom stereocenters. The first-order valence-electron chi connectivity index (χ1n) is 8.95. The fraction of sp³-hybridized carbons (Fsp3) is 0.0476. The van der Waals surface area contributed by atoms with Crippen LogP contribution in [-0.4, -0.2) is 18.9 Å². The number of carbonyl (C=O) groups is 1. The van der Waals surface area contributed by atoms with E-state index in [1.807, 2.05) is 29.8 Å². The van der Waals surface area contributed by atoms with Gasteiger partial charge >= 0.3 is 0 Å². The van der Waals surface area contributed by atoms with Crippen molar-refractivity contribution in [2.45, 2.75) is 4.90 Å². The summed E-state index contributed by atoms with van der Waals surface area (Å²) in [6.07, 6.45) is 0. The van der Waals surface area contributed by atoms with Crippen molar-refractivity contribution in [2.75, 3.05) is 4.72 Å². The zero-order valence-electron chi connectivity index (χ0n) is 16.0. The number of carbonyl (C=O) groups excluding carboxylic acids is 1. The average Bonchev–Trinajstić information content (AvgIpc) is 3.02. The molecule has 0 aliphatic carbocycles. The number of aryl methyl sites for hydroxylation is 1. The van der Waals surface area contributed by atoms with Gasteiger partial charge in [0.2, 0.25) is 0 Å². The molecular weight excluding hydrogens is 505 g/mol. The minimum Gasteiger partial charge on any atom is -0.319 e. The van der Waals surface area contributed by atoms with E-state index >= 15 is 0 Å². The first-order chi connectivity index (χ1) is 14.7. The number of anilines is 1. The lowest BCUT2D eigenvalue weighted by Crippen LogP contribution is -2.14. The van der Waals surface area contributed by atoms with Crippen LogP contribution in [0.1, 0.15) is 10.4 Å². The van der Waals surface area contributed by atoms with Crippen molar-refractivity contribution in [3.63, 3.8) is 0 Å². The van der Waals surface area contributed by atoms with E-state index in [1.54, 1.807) is 12.1 Å². The quantitative estimate of drug-likeness (QED) is 0.424. The molecule has 3 aromatic carbocycles. The van der Waals surface area contributed by atoms with Gasteiger partial charge in [0.1, 0.15) is 5.82 Å². The van der Waals surface area contributed by atoms with E-state index in [9.17, 15) is 17.6 Å². The van der Waals surface area contributed by atoms with Crippen LogP contribution in [0.3, 0.4) is 0 Å². The SMILES string of the molecule is Cn1c(=NC(=O)c2cccc(NS(=O)(=O)c3ccc(F)cc3)c2)sc2cc(Br)ccc21. The average molecular weight is 520 g/mol. The van der Waals surface area contributed by atoms with Crippen molar-refractivity contribution in [1.29, 1.82) is 0 Å². The van der Waals surface area contributed by atoms with Crippen molar-refractivity contribution in [1.82, 2.24) is 4.57 Å². The van der Waals surface area contributed by atoms with E-state index in [-0.39, 0.29) is 16.1 Å². The number of sulfonamides is 1. The number of benzene rings is 3. The largest absolute Gasteiger partial charge is 0.319 e. The number of hydrogen-bond acceptors (Lipinski definition) is 4. The minimum atomic E-state index is -3.92. The molecular formula is C21H15BrFN3O3S2. The van der Waals surface area contributed by atoms with Crippen LogP contribution in [-0.2, 0) is 17.1 Å². The molecule has 6 nitrogen and oxygen atoms in total. The van der Waals surface area contributed by atoms with E-state index in [2.05, 4.69) is 25.6 Å². The molecule has 0 bridgehead atoms. The van der Waals surface area contributed by atoms with E-state index in [0.29, 0.717) is 4.80 Å². The Balaban J connectivity index is 1.64. The Hall–Kier alpha value is -2.82. The number of rotatable bonds is 4. The highest BCUT2D eigenvalue weighted by atomic mass is 79.9. The standard InChI is InChI=1S/C21H15BrFN3O3S2/c1-26-18-10-5-14(22)12-19(18)30-21(26)24-20(27)13-3-2-4-16(11-13)25-31(28,29)17-8-6-15(23)7-9-17/h2-12,25H,1H3. The summed E-state index contributed by atoms with van der Waals surface area (Å²) in [6.45, 7) is 0. The smallest absolute Gasteiger partial charge is 0.279 e. The highest BCUT2D eigenvalue weighted by molar-refractivity contribution is 9.10. The van der Waals surface area contributed by atoms with Crippen LogP contribution in [0.4, 0.5) is 10.1 Å². The topological polar surface area (TPSA) is 80.5 Å². The second-order valence-electron chi connectivity index (χ2n) is 6.61. The normalized spacial score (nSPS) is 12.3. The van der Waals surface area contributed by atoms with E-state index in [0.717, 1.165) is 26.8 Å². The van der Waals surface area contributed by atoms with Crippen molar-refractivity contribution in [3.8, 4) is 0 Å². The minimum absolute atomic E-state index is 0.0845. The molecule has 0 radical (unpaired) electrons. The van der Waals surface area contributed by atoms with Gasteiger partial charge in [-0.3, -0.25) is 9.52 Å². The van der Waals surface area contributed by atoms with Crippen LogP contribution in [0, 0.1) is 5.82 Å². The molecule has 0 spiro atoms. The number of nitrogens with one attached hydrogen (secondary N) is 1. The second-order valence-corrected chi connectivity index (χ2v) is 10.2. The summed E-state index contributed by atoms with van der Waals surface area (Å²) in [5, 5.41) is 0.